The summed E-state index contributed by atoms with van der Waals surface area (Å²) in [6, 6.07) is 15.1. The van der Waals surface area contributed by atoms with Gasteiger partial charge in [-0.1, -0.05) is 55.6 Å². The minimum Gasteiger partial charge on any atom is -0.481 e. The molecule has 2 heterocycles. The molecule has 2 saturated carbocycles. The molecular formula is C35H44Cl3FN2O2S. The quantitative estimate of drug-likeness (QED) is 0.219. The van der Waals surface area contributed by atoms with Crippen molar-refractivity contribution >= 4 is 53.7 Å². The minimum absolute atomic E-state index is 0. The van der Waals surface area contributed by atoms with Crippen molar-refractivity contribution in [1.82, 2.24) is 9.88 Å². The van der Waals surface area contributed by atoms with E-state index in [2.05, 4.69) is 24.0 Å². The average Bonchev–Trinajstić information content (AvgIpc) is 3.58. The fourth-order valence-electron chi connectivity index (χ4n) is 7.60. The summed E-state index contributed by atoms with van der Waals surface area (Å²) in [7, 11) is 0. The number of carbonyl (C=O) groups is 1. The Labute approximate surface area is 282 Å². The third-order valence-corrected chi connectivity index (χ3v) is 11.5. The Morgan fingerprint density at radius 1 is 1.09 bits per heavy atom. The van der Waals surface area contributed by atoms with Gasteiger partial charge in [-0.2, -0.15) is 0 Å². The van der Waals surface area contributed by atoms with Crippen molar-refractivity contribution in [2.75, 3.05) is 19.6 Å². The van der Waals surface area contributed by atoms with Gasteiger partial charge < -0.3 is 10.0 Å². The highest BCUT2D eigenvalue weighted by atomic mass is 35.5. The Bertz CT molecular complexity index is 1370. The van der Waals surface area contributed by atoms with E-state index in [0.717, 1.165) is 75.2 Å². The van der Waals surface area contributed by atoms with E-state index >= 15 is 0 Å². The number of piperidine rings is 1. The van der Waals surface area contributed by atoms with Crippen molar-refractivity contribution in [3.05, 3.63) is 86.1 Å². The predicted molar refractivity (Wildman–Crippen MR) is 182 cm³/mol. The summed E-state index contributed by atoms with van der Waals surface area (Å²) < 4.78 is 14.3. The third-order valence-electron chi connectivity index (χ3n) is 10.0. The van der Waals surface area contributed by atoms with Crippen LogP contribution < -0.4 is 0 Å². The van der Waals surface area contributed by atoms with Gasteiger partial charge in [-0.15, -0.1) is 36.2 Å². The lowest BCUT2D eigenvalue weighted by Crippen LogP contribution is -2.37. The van der Waals surface area contributed by atoms with Gasteiger partial charge in [-0.25, -0.2) is 9.37 Å². The fourth-order valence-corrected chi connectivity index (χ4v) is 9.08. The number of halogens is 4. The largest absolute Gasteiger partial charge is 0.481 e. The molecule has 0 spiro atoms. The monoisotopic (exact) mass is 680 g/mol. The molecule has 2 aromatic carbocycles. The summed E-state index contributed by atoms with van der Waals surface area (Å²) in [5, 5.41) is 12.1. The Hall–Kier alpha value is -1.70. The molecule has 0 amide bonds. The van der Waals surface area contributed by atoms with Crippen LogP contribution in [0.25, 0.3) is 0 Å². The van der Waals surface area contributed by atoms with Crippen LogP contribution in [0, 0.1) is 29.5 Å². The number of nitrogens with zero attached hydrogens (tertiary/aromatic N) is 2. The second kappa shape index (κ2) is 15.7. The van der Waals surface area contributed by atoms with Gasteiger partial charge in [-0.3, -0.25) is 4.79 Å². The molecule has 1 saturated heterocycles. The first kappa shape index (κ1) is 35.2. The van der Waals surface area contributed by atoms with Crippen molar-refractivity contribution in [1.29, 1.82) is 0 Å². The second-order valence-electron chi connectivity index (χ2n) is 12.9. The molecule has 3 fully saturated rings. The van der Waals surface area contributed by atoms with Gasteiger partial charge in [0, 0.05) is 22.9 Å². The summed E-state index contributed by atoms with van der Waals surface area (Å²) in [6.07, 6.45) is 8.97. The first-order valence-electron chi connectivity index (χ1n) is 15.8. The van der Waals surface area contributed by atoms with Crippen molar-refractivity contribution < 1.29 is 14.3 Å². The van der Waals surface area contributed by atoms with E-state index in [1.54, 1.807) is 12.1 Å². The van der Waals surface area contributed by atoms with Crippen molar-refractivity contribution in [2.24, 2.45) is 23.7 Å². The minimum atomic E-state index is -0.641. The number of hydrogen-bond acceptors (Lipinski definition) is 4. The van der Waals surface area contributed by atoms with Crippen molar-refractivity contribution in [2.45, 2.75) is 76.5 Å². The molecule has 1 N–H and O–H groups in total. The number of carboxylic acid groups (broad SMARTS) is 1. The van der Waals surface area contributed by atoms with E-state index in [1.807, 2.05) is 29.5 Å². The first-order valence-corrected chi connectivity index (χ1v) is 17.0. The maximum atomic E-state index is 14.3. The smallest absolute Gasteiger partial charge is 0.306 e. The summed E-state index contributed by atoms with van der Waals surface area (Å²) in [5.74, 6) is 0.754. The van der Waals surface area contributed by atoms with Gasteiger partial charge in [0.25, 0.3) is 0 Å². The topological polar surface area (TPSA) is 53.4 Å². The Morgan fingerprint density at radius 2 is 1.82 bits per heavy atom. The Morgan fingerprint density at radius 3 is 2.45 bits per heavy atom. The molecule has 3 unspecified atom stereocenters. The lowest BCUT2D eigenvalue weighted by molar-refractivity contribution is -0.144. The van der Waals surface area contributed by atoms with Gasteiger partial charge in [0.05, 0.1) is 16.6 Å². The van der Waals surface area contributed by atoms with E-state index in [-0.39, 0.29) is 48.4 Å². The third kappa shape index (κ3) is 8.55. The van der Waals surface area contributed by atoms with Crippen molar-refractivity contribution in [3.8, 4) is 0 Å². The molecular weight excluding hydrogens is 638 g/mol. The summed E-state index contributed by atoms with van der Waals surface area (Å²) in [6.45, 7) is 5.25. The van der Waals surface area contributed by atoms with Crippen molar-refractivity contribution in [3.63, 3.8) is 0 Å². The van der Waals surface area contributed by atoms with Crippen LogP contribution in [0.3, 0.4) is 0 Å². The maximum Gasteiger partial charge on any atom is 0.306 e. The van der Waals surface area contributed by atoms with E-state index in [1.165, 1.54) is 40.1 Å². The number of thiazole rings is 1. The zero-order valence-electron chi connectivity index (χ0n) is 25.3. The average molecular weight is 682 g/mol. The molecule has 0 radical (unpaired) electrons. The number of aromatic nitrogens is 1. The lowest BCUT2D eigenvalue weighted by Gasteiger charge is -2.35. The van der Waals surface area contributed by atoms with Crippen LogP contribution >= 0.6 is 47.8 Å². The van der Waals surface area contributed by atoms with Crippen LogP contribution in [0.2, 0.25) is 5.02 Å². The van der Waals surface area contributed by atoms with Gasteiger partial charge in [0.2, 0.25) is 0 Å². The standard InChI is InChI=1S/C35H42ClFN2O2S.2ClH/c1-2-32-34(42-33(38-32)17-23-8-10-28(36)11-9-23)24-12-14-39(15-13-24)21-27-18-26(31(35(40)41)16-22-6-7-22)20-30(27)25-4-3-5-29(37)19-25;;/h3-5,8-11,19,22,24,26-27,30-31H,2,6-7,12-18,20-21H2,1H3,(H,40,41);2*1H/t26?,27?,30?,31-;;/m0../s1. The van der Waals surface area contributed by atoms with Gasteiger partial charge in [0.15, 0.2) is 0 Å². The zero-order valence-corrected chi connectivity index (χ0v) is 28.5. The molecule has 9 heteroatoms. The molecule has 6 rings (SSSR count). The Balaban J connectivity index is 0.00000221. The van der Waals surface area contributed by atoms with Gasteiger partial charge in [-0.05, 0) is 117 Å². The highest BCUT2D eigenvalue weighted by Crippen LogP contribution is 2.50. The van der Waals surface area contributed by atoms with Crippen LogP contribution in [-0.2, 0) is 17.6 Å². The molecule has 3 aromatic rings. The van der Waals surface area contributed by atoms with Gasteiger partial charge in [0.1, 0.15) is 5.82 Å². The van der Waals surface area contributed by atoms with Crippen LogP contribution in [0.15, 0.2) is 48.5 Å². The molecule has 1 aromatic heterocycles. The van der Waals surface area contributed by atoms with Crippen LogP contribution in [-0.4, -0.2) is 40.6 Å². The van der Waals surface area contributed by atoms with E-state index in [4.69, 9.17) is 16.6 Å². The highest BCUT2D eigenvalue weighted by Gasteiger charge is 2.43. The maximum absolute atomic E-state index is 14.3. The molecule has 44 heavy (non-hydrogen) atoms. The lowest BCUT2D eigenvalue weighted by atomic mass is 9.85. The van der Waals surface area contributed by atoms with Crippen LogP contribution in [0.5, 0.6) is 0 Å². The second-order valence-corrected chi connectivity index (χ2v) is 14.5. The van der Waals surface area contributed by atoms with E-state index < -0.39 is 5.97 Å². The number of carboxylic acids is 1. The molecule has 4 nitrogen and oxygen atoms in total. The predicted octanol–water partition coefficient (Wildman–Crippen LogP) is 9.42. The molecule has 240 valence electrons. The number of likely N-dealkylation sites (tertiary alicyclic amines) is 1. The Kier molecular flexibility index (Phi) is 12.6. The molecule has 4 atom stereocenters. The number of benzene rings is 2. The number of aryl methyl sites for hydroxylation is 1. The molecule has 2 aliphatic carbocycles. The SMILES string of the molecule is CCc1nc(Cc2ccc(Cl)cc2)sc1C1CCN(CC2CC([C@H](CC3CC3)C(=O)O)CC2c2cccc(F)c2)CC1.Cl.Cl. The molecule has 3 aliphatic rings. The van der Waals surface area contributed by atoms with Gasteiger partial charge >= 0.3 is 5.97 Å². The number of rotatable bonds is 11. The normalized spacial score (nSPS) is 23.1. The fraction of sp³-hybridized carbons (Fsp3) is 0.543. The van der Waals surface area contributed by atoms with Crippen LogP contribution in [0.4, 0.5) is 4.39 Å². The summed E-state index contributed by atoms with van der Waals surface area (Å²) in [4.78, 5) is 21.4. The van der Waals surface area contributed by atoms with Crippen LogP contribution in [0.1, 0.15) is 90.4 Å². The molecule has 1 aliphatic heterocycles. The first-order chi connectivity index (χ1) is 20.4. The molecule has 0 bridgehead atoms. The highest BCUT2D eigenvalue weighted by molar-refractivity contribution is 7.11. The van der Waals surface area contributed by atoms with E-state index in [0.29, 0.717) is 17.8 Å². The zero-order chi connectivity index (χ0) is 29.2. The number of aliphatic carboxylic acids is 1. The summed E-state index contributed by atoms with van der Waals surface area (Å²) >= 11 is 7.96. The van der Waals surface area contributed by atoms with E-state index in [9.17, 15) is 14.3 Å². The number of hydrogen-bond donors (Lipinski definition) is 1. The summed E-state index contributed by atoms with van der Waals surface area (Å²) in [5.41, 5.74) is 3.53.